The third kappa shape index (κ3) is 12.8. The van der Waals surface area contributed by atoms with E-state index in [1.165, 1.54) is 6.92 Å². The maximum absolute atomic E-state index is 12.7. The largest absolute Gasteiger partial charge is 0.481 e. The van der Waals surface area contributed by atoms with Crippen LogP contribution < -0.4 is 33.2 Å². The number of guanidine groups is 1. The molecule has 12 N–H and O–H groups in total. The van der Waals surface area contributed by atoms with Crippen LogP contribution in [0.1, 0.15) is 39.0 Å². The van der Waals surface area contributed by atoms with Crippen LogP contribution in [0.4, 0.5) is 0 Å². The van der Waals surface area contributed by atoms with Gasteiger partial charge in [-0.1, -0.05) is 0 Å². The highest BCUT2D eigenvalue weighted by Gasteiger charge is 2.29. The lowest BCUT2D eigenvalue weighted by molar-refractivity contribution is -0.147. The second-order valence-corrected chi connectivity index (χ2v) is 7.28. The summed E-state index contributed by atoms with van der Waals surface area (Å²) in [4.78, 5) is 73.4. The predicted octanol–water partition coefficient (Wildman–Crippen LogP) is -3.73. The zero-order valence-electron chi connectivity index (χ0n) is 18.5. The smallest absolute Gasteiger partial charge is 0.326 e. The van der Waals surface area contributed by atoms with E-state index in [0.717, 1.165) is 0 Å². The zero-order chi connectivity index (χ0) is 26.4. The molecule has 0 aromatic heterocycles. The molecule has 16 heteroatoms. The van der Waals surface area contributed by atoms with E-state index in [1.54, 1.807) is 0 Å². The maximum atomic E-state index is 12.7. The summed E-state index contributed by atoms with van der Waals surface area (Å²) < 4.78 is 0. The number of nitrogens with two attached hydrogens (primary N) is 3. The molecule has 0 fully saturated rings. The summed E-state index contributed by atoms with van der Waals surface area (Å²) in [6.07, 6.45) is -1.16. The number of carboxylic acids is 3. The van der Waals surface area contributed by atoms with Crippen LogP contribution in [0.15, 0.2) is 4.99 Å². The lowest BCUT2D eigenvalue weighted by Crippen LogP contribution is -2.56. The van der Waals surface area contributed by atoms with Crippen LogP contribution in [0.3, 0.4) is 0 Å². The van der Waals surface area contributed by atoms with Gasteiger partial charge in [0.1, 0.15) is 18.1 Å². The normalized spacial score (nSPS) is 13.9. The van der Waals surface area contributed by atoms with Crippen molar-refractivity contribution in [2.24, 2.45) is 22.2 Å². The number of nitrogens with zero attached hydrogens (tertiary/aromatic N) is 1. The molecule has 0 aliphatic rings. The summed E-state index contributed by atoms with van der Waals surface area (Å²) in [5.74, 6) is -6.95. The average Bonchev–Trinajstić information content (AvgIpc) is 2.72. The number of aliphatic imine (C=N–C) groups is 1. The molecule has 0 bridgehead atoms. The quantitative estimate of drug-likeness (QED) is 0.0574. The van der Waals surface area contributed by atoms with Gasteiger partial charge < -0.3 is 48.5 Å². The third-order valence-corrected chi connectivity index (χ3v) is 4.33. The molecule has 0 aromatic carbocycles. The molecule has 0 radical (unpaired) electrons. The van der Waals surface area contributed by atoms with Gasteiger partial charge >= 0.3 is 17.9 Å². The molecule has 3 amide bonds. The number of hydrogen-bond acceptors (Lipinski definition) is 8. The van der Waals surface area contributed by atoms with Crippen LogP contribution >= 0.6 is 0 Å². The minimum atomic E-state index is -1.72. The summed E-state index contributed by atoms with van der Waals surface area (Å²) in [6.45, 7) is 1.35. The van der Waals surface area contributed by atoms with Crippen molar-refractivity contribution in [3.8, 4) is 0 Å². The molecule has 4 atom stereocenters. The van der Waals surface area contributed by atoms with Crippen LogP contribution in [0, 0.1) is 0 Å². The Balaban J connectivity index is 5.22. The van der Waals surface area contributed by atoms with Crippen molar-refractivity contribution in [3.63, 3.8) is 0 Å². The number of amides is 3. The molecular formula is C18H31N7O9. The van der Waals surface area contributed by atoms with E-state index in [1.807, 2.05) is 5.32 Å². The van der Waals surface area contributed by atoms with Gasteiger partial charge in [-0.15, -0.1) is 0 Å². The molecule has 16 nitrogen and oxygen atoms in total. The molecule has 0 heterocycles. The van der Waals surface area contributed by atoms with Gasteiger partial charge in [0.25, 0.3) is 0 Å². The number of carbonyl (C=O) groups excluding carboxylic acids is 3. The fourth-order valence-electron chi connectivity index (χ4n) is 2.51. The van der Waals surface area contributed by atoms with E-state index in [-0.39, 0.29) is 38.2 Å². The van der Waals surface area contributed by atoms with E-state index in [2.05, 4.69) is 15.6 Å². The van der Waals surface area contributed by atoms with Crippen LogP contribution in [0.5, 0.6) is 0 Å². The van der Waals surface area contributed by atoms with Gasteiger partial charge in [-0.25, -0.2) is 4.79 Å². The lowest BCUT2D eigenvalue weighted by Gasteiger charge is -2.23. The van der Waals surface area contributed by atoms with Crippen LogP contribution in [0.2, 0.25) is 0 Å². The fourth-order valence-corrected chi connectivity index (χ4v) is 2.51. The average molecular weight is 489 g/mol. The summed E-state index contributed by atoms with van der Waals surface area (Å²) >= 11 is 0. The molecule has 0 aliphatic heterocycles. The number of carboxylic acid groups (broad SMARTS) is 3. The van der Waals surface area contributed by atoms with Crippen molar-refractivity contribution in [2.75, 3.05) is 6.54 Å². The topological polar surface area (TPSA) is 290 Å². The first kappa shape index (κ1) is 30.1. The standard InChI is InChI=1S/C18H31N7O9/c1-8(14(30)25-11(17(33)34)7-13(28)29)23-16(32)10(3-2-6-22-18(20)21)24-15(31)9(19)4-5-12(26)27/h8-11H,2-7,19H2,1H3,(H,23,32)(H,24,31)(H,25,30)(H,26,27)(H,28,29)(H,33,34)(H4,20,21,22). The number of nitrogens with one attached hydrogen (secondary N) is 3. The molecular weight excluding hydrogens is 458 g/mol. The van der Waals surface area contributed by atoms with Gasteiger partial charge in [-0.3, -0.25) is 29.0 Å². The first-order valence-electron chi connectivity index (χ1n) is 10.1. The molecule has 192 valence electrons. The highest BCUT2D eigenvalue weighted by molar-refractivity contribution is 5.94. The monoisotopic (exact) mass is 489 g/mol. The van der Waals surface area contributed by atoms with Crippen molar-refractivity contribution in [1.29, 1.82) is 0 Å². The molecule has 0 aromatic rings. The number of carbonyl (C=O) groups is 6. The Morgan fingerprint density at radius 3 is 1.91 bits per heavy atom. The van der Waals surface area contributed by atoms with Gasteiger partial charge in [-0.2, -0.15) is 0 Å². The summed E-state index contributed by atoms with van der Waals surface area (Å²) in [5.41, 5.74) is 16.1. The van der Waals surface area contributed by atoms with E-state index in [0.29, 0.717) is 0 Å². The van der Waals surface area contributed by atoms with Gasteiger partial charge in [-0.05, 0) is 26.2 Å². The Morgan fingerprint density at radius 2 is 1.41 bits per heavy atom. The summed E-state index contributed by atoms with van der Waals surface area (Å²) in [5, 5.41) is 33.1. The first-order chi connectivity index (χ1) is 15.7. The van der Waals surface area contributed by atoms with Crippen molar-refractivity contribution >= 4 is 41.6 Å². The Morgan fingerprint density at radius 1 is 0.824 bits per heavy atom. The van der Waals surface area contributed by atoms with E-state index >= 15 is 0 Å². The molecule has 0 saturated carbocycles. The zero-order valence-corrected chi connectivity index (χ0v) is 18.5. The number of aliphatic carboxylic acids is 3. The van der Waals surface area contributed by atoms with E-state index < -0.39 is 66.2 Å². The Kier molecular flexibility index (Phi) is 13.2. The highest BCUT2D eigenvalue weighted by atomic mass is 16.4. The molecule has 0 rings (SSSR count). The van der Waals surface area contributed by atoms with Gasteiger partial charge in [0, 0.05) is 13.0 Å². The fraction of sp³-hybridized carbons (Fsp3) is 0.611. The van der Waals surface area contributed by atoms with Crippen LogP contribution in [-0.4, -0.2) is 87.6 Å². The van der Waals surface area contributed by atoms with Crippen LogP contribution in [0.25, 0.3) is 0 Å². The number of hydrogen-bond donors (Lipinski definition) is 9. The van der Waals surface area contributed by atoms with E-state index in [9.17, 15) is 28.8 Å². The Hall–Kier alpha value is -3.95. The Labute approximate surface area is 194 Å². The number of rotatable bonds is 16. The molecule has 34 heavy (non-hydrogen) atoms. The highest BCUT2D eigenvalue weighted by Crippen LogP contribution is 2.03. The first-order valence-corrected chi connectivity index (χ1v) is 10.1. The minimum Gasteiger partial charge on any atom is -0.481 e. The lowest BCUT2D eigenvalue weighted by atomic mass is 10.1. The summed E-state index contributed by atoms with van der Waals surface area (Å²) in [7, 11) is 0. The minimum absolute atomic E-state index is 0.0190. The molecule has 0 saturated heterocycles. The molecule has 0 spiro atoms. The van der Waals surface area contributed by atoms with Gasteiger partial charge in [0.15, 0.2) is 5.96 Å². The van der Waals surface area contributed by atoms with Crippen molar-refractivity contribution in [3.05, 3.63) is 0 Å². The van der Waals surface area contributed by atoms with Crippen LogP contribution in [-0.2, 0) is 28.8 Å². The molecule has 0 aliphatic carbocycles. The second-order valence-electron chi connectivity index (χ2n) is 7.28. The van der Waals surface area contributed by atoms with Crippen molar-refractivity contribution < 1.29 is 44.1 Å². The SMILES string of the molecule is CC(NC(=O)C(CCCN=C(N)N)NC(=O)C(N)CCC(=O)O)C(=O)NC(CC(=O)O)C(=O)O. The predicted molar refractivity (Wildman–Crippen MR) is 116 cm³/mol. The third-order valence-electron chi connectivity index (χ3n) is 4.33. The van der Waals surface area contributed by atoms with Gasteiger partial charge in [0.2, 0.25) is 17.7 Å². The maximum Gasteiger partial charge on any atom is 0.326 e. The summed E-state index contributed by atoms with van der Waals surface area (Å²) in [6, 6.07) is -5.42. The Bertz CT molecular complexity index is 799. The second kappa shape index (κ2) is 15.0. The van der Waals surface area contributed by atoms with Crippen molar-refractivity contribution in [2.45, 2.75) is 63.2 Å². The molecule has 4 unspecified atom stereocenters. The van der Waals surface area contributed by atoms with Crippen molar-refractivity contribution in [1.82, 2.24) is 16.0 Å². The van der Waals surface area contributed by atoms with Gasteiger partial charge in [0.05, 0.1) is 12.5 Å². The van der Waals surface area contributed by atoms with E-state index in [4.69, 9.17) is 32.5 Å².